The van der Waals surface area contributed by atoms with Gasteiger partial charge in [-0.3, -0.25) is 26.3 Å². The Labute approximate surface area is 612 Å². The van der Waals surface area contributed by atoms with Gasteiger partial charge in [-0.05, 0) is 202 Å². The predicted octanol–water partition coefficient (Wildman–Crippen LogP) is 13.1. The van der Waals surface area contributed by atoms with E-state index in [2.05, 4.69) is 132 Å². The minimum Gasteiger partial charge on any atom is -0.481 e. The quantitative estimate of drug-likeness (QED) is 0.0294. The molecule has 4 saturated heterocycles. The number of hydrogen-bond acceptors (Lipinski definition) is 16. The molecule has 19 nitrogen and oxygen atoms in total. The highest BCUT2D eigenvalue weighted by atomic mass is 16.6. The summed E-state index contributed by atoms with van der Waals surface area (Å²) in [4.78, 5) is 37.2. The van der Waals surface area contributed by atoms with Crippen molar-refractivity contribution in [2.75, 3.05) is 87.3 Å². The second-order valence-electron chi connectivity index (χ2n) is 37.6. The summed E-state index contributed by atoms with van der Waals surface area (Å²) in [7, 11) is 5.96. The predicted molar refractivity (Wildman–Crippen MR) is 396 cm³/mol. The first-order valence-electron chi connectivity index (χ1n) is 39.6. The number of carbonyl (C=O) groups excluding carboxylic acids is 1. The smallest absolute Gasteiger partial charge is 0.421 e. The Hall–Kier alpha value is -3.57. The van der Waals surface area contributed by atoms with E-state index in [4.69, 9.17) is 49.6 Å². The van der Waals surface area contributed by atoms with Crippen LogP contribution in [0.5, 0.6) is 0 Å². The lowest BCUT2D eigenvalue weighted by Crippen LogP contribution is -2.72. The fourth-order valence-electron chi connectivity index (χ4n) is 25.9. The fourth-order valence-corrected chi connectivity index (χ4v) is 25.9. The topological polar surface area (TPSA) is 266 Å². The van der Waals surface area contributed by atoms with Crippen LogP contribution < -0.4 is 33.2 Å². The van der Waals surface area contributed by atoms with Crippen molar-refractivity contribution in [1.29, 1.82) is 0 Å². The largest absolute Gasteiger partial charge is 0.481 e. The summed E-state index contributed by atoms with van der Waals surface area (Å²) in [6.07, 6.45) is 20.1. The molecule has 1 aromatic rings. The highest BCUT2D eigenvalue weighted by Gasteiger charge is 2.74. The van der Waals surface area contributed by atoms with Crippen LogP contribution in [0.15, 0.2) is 53.6 Å². The number of methoxy groups -OCH3 is 1. The Bertz CT molecular complexity index is 3000. The highest BCUT2D eigenvalue weighted by Crippen LogP contribution is 2.77. The van der Waals surface area contributed by atoms with E-state index in [1.807, 2.05) is 49.9 Å². The van der Waals surface area contributed by atoms with Crippen molar-refractivity contribution in [3.63, 3.8) is 0 Å². The minimum absolute atomic E-state index is 0.0120. The van der Waals surface area contributed by atoms with Gasteiger partial charge < -0.3 is 58.7 Å². The minimum atomic E-state index is -0.626. The number of nitrogens with two attached hydrogens (primary N) is 2. The SMILES string of the molecule is CNC1(CO[C@H]2[C@H](NN)C[C@@]34COC[C@]2(C)[C@@H]3CC[C@H]2C4=CC[C@@]3(C)[C@H](C(=O)O)[C@@](C)([C@H](C)C(C)C)CC[C@]23C)CCOCC1.CNC1(CO[C@H]2[C@H](OC)C[C@@]34COC[C@]2(C)[C@@H]3CC[C@H]2C4=CC[C@@]3(C)[C@H](C(=O)O)[C@@](C)([C@H](C)C(C)C)CC[C@]23C)CCOCC1.NNC(=O)OCc1ccccc1. The molecule has 8 aliphatic carbocycles. The molecular weight excluding hydrogens is 1290 g/mol. The summed E-state index contributed by atoms with van der Waals surface area (Å²) in [5, 5.41) is 29.1. The van der Waals surface area contributed by atoms with Gasteiger partial charge in [-0.1, -0.05) is 151 Å². The van der Waals surface area contributed by atoms with Crippen LogP contribution in [-0.4, -0.2) is 151 Å². The molecule has 4 bridgehead atoms. The molecule has 10 N–H and O–H groups in total. The molecule has 19 heteroatoms. The molecule has 0 unspecified atom stereocenters. The third-order valence-corrected chi connectivity index (χ3v) is 33.1. The van der Waals surface area contributed by atoms with Crippen molar-refractivity contribution in [3.05, 3.63) is 59.2 Å². The summed E-state index contributed by atoms with van der Waals surface area (Å²) in [6.45, 7) is 40.0. The maximum Gasteiger partial charge on any atom is 0.421 e. The molecular formula is C83H136N6O13. The lowest BCUT2D eigenvalue weighted by atomic mass is 9.34. The van der Waals surface area contributed by atoms with Crippen molar-refractivity contribution in [1.82, 2.24) is 21.5 Å². The van der Waals surface area contributed by atoms with Crippen molar-refractivity contribution in [2.45, 2.75) is 242 Å². The molecule has 6 saturated carbocycles. The summed E-state index contributed by atoms with van der Waals surface area (Å²) in [5.41, 5.74) is 7.21. The first-order valence-corrected chi connectivity index (χ1v) is 39.6. The Kier molecular flexibility index (Phi) is 23.2. The van der Waals surface area contributed by atoms with E-state index in [9.17, 15) is 24.6 Å². The number of carboxylic acid groups (broad SMARTS) is 2. The van der Waals surface area contributed by atoms with Crippen LogP contribution in [0.25, 0.3) is 0 Å². The van der Waals surface area contributed by atoms with Crippen LogP contribution in [0.4, 0.5) is 4.79 Å². The molecule has 102 heavy (non-hydrogen) atoms. The van der Waals surface area contributed by atoms with Gasteiger partial charge in [-0.15, -0.1) is 0 Å². The Morgan fingerprint density at radius 1 is 0.559 bits per heavy atom. The molecule has 4 aliphatic heterocycles. The Balaban J connectivity index is 0.000000176. The molecule has 1 amide bonds. The number of carboxylic acids is 2. The molecule has 22 atom stereocenters. The molecule has 12 aliphatic rings. The number of benzene rings is 1. The van der Waals surface area contributed by atoms with E-state index in [0.717, 1.165) is 148 Å². The second-order valence-corrected chi connectivity index (χ2v) is 37.6. The van der Waals surface area contributed by atoms with Crippen molar-refractivity contribution in [2.24, 2.45) is 125 Å². The van der Waals surface area contributed by atoms with Crippen LogP contribution in [0.1, 0.15) is 205 Å². The van der Waals surface area contributed by atoms with Gasteiger partial charge in [0.25, 0.3) is 0 Å². The number of likely N-dealkylation sites (N-methyl/N-ethyl adjacent to an activating group) is 2. The van der Waals surface area contributed by atoms with Crippen LogP contribution in [0, 0.1) is 113 Å². The third kappa shape index (κ3) is 12.8. The van der Waals surface area contributed by atoms with Crippen LogP contribution >= 0.6 is 0 Å². The highest BCUT2D eigenvalue weighted by molar-refractivity contribution is 5.74. The van der Waals surface area contributed by atoms with E-state index in [-0.39, 0.29) is 108 Å². The van der Waals surface area contributed by atoms with Gasteiger partial charge in [0.1, 0.15) is 6.61 Å². The number of allylic oxidation sites excluding steroid dienone is 2. The lowest BCUT2D eigenvalue weighted by molar-refractivity contribution is -0.270. The van der Waals surface area contributed by atoms with Crippen LogP contribution in [0.2, 0.25) is 0 Å². The average Bonchev–Trinajstić information content (AvgIpc) is 0.682. The maximum absolute atomic E-state index is 13.4. The number of hydrazine groups is 2. The summed E-state index contributed by atoms with van der Waals surface area (Å²) in [6, 6.07) is 9.39. The number of nitrogens with one attached hydrogen (secondary N) is 4. The molecule has 576 valence electrons. The third-order valence-electron chi connectivity index (χ3n) is 33.1. The van der Waals surface area contributed by atoms with Gasteiger partial charge in [0.05, 0.1) is 69.8 Å². The first-order chi connectivity index (χ1) is 48.2. The van der Waals surface area contributed by atoms with Gasteiger partial charge in [0, 0.05) is 72.3 Å². The molecule has 0 radical (unpaired) electrons. The zero-order valence-corrected chi connectivity index (χ0v) is 65.8. The van der Waals surface area contributed by atoms with Crippen molar-refractivity contribution < 1.29 is 62.5 Å². The maximum atomic E-state index is 13.4. The molecule has 4 heterocycles. The van der Waals surface area contributed by atoms with E-state index < -0.39 is 18.0 Å². The normalized spacial score (nSPS) is 43.5. The number of amides is 1. The zero-order valence-electron chi connectivity index (χ0n) is 65.8. The summed E-state index contributed by atoms with van der Waals surface area (Å²) >= 11 is 0. The monoisotopic (exact) mass is 1430 g/mol. The average molecular weight is 1430 g/mol. The van der Waals surface area contributed by atoms with Gasteiger partial charge in [-0.2, -0.15) is 0 Å². The van der Waals surface area contributed by atoms with Crippen LogP contribution in [-0.2, 0) is 54.1 Å². The number of rotatable bonds is 18. The first kappa shape index (κ1) is 79.5. The van der Waals surface area contributed by atoms with Crippen molar-refractivity contribution in [3.8, 4) is 0 Å². The van der Waals surface area contributed by atoms with Gasteiger partial charge >= 0.3 is 18.0 Å². The number of carbonyl (C=O) groups is 3. The second kappa shape index (κ2) is 29.8. The molecule has 10 fully saturated rings. The zero-order chi connectivity index (χ0) is 74.1. The number of ether oxygens (including phenoxy) is 8. The molecule has 0 aromatic heterocycles. The summed E-state index contributed by atoms with van der Waals surface area (Å²) < 4.78 is 49.8. The number of hydrogen-bond donors (Lipinski definition) is 8. The van der Waals surface area contributed by atoms with Gasteiger partial charge in [0.15, 0.2) is 0 Å². The fraction of sp³-hybridized carbons (Fsp3) is 0.843. The number of aliphatic carboxylic acids is 2. The molecule has 13 rings (SSSR count). The summed E-state index contributed by atoms with van der Waals surface area (Å²) in [5.74, 6) is 12.4. The van der Waals surface area contributed by atoms with E-state index in [0.29, 0.717) is 73.8 Å². The van der Waals surface area contributed by atoms with Crippen molar-refractivity contribution >= 4 is 18.0 Å². The van der Waals surface area contributed by atoms with Crippen LogP contribution in [0.3, 0.4) is 0 Å². The lowest BCUT2D eigenvalue weighted by Gasteiger charge is -2.71. The van der Waals surface area contributed by atoms with E-state index in [1.54, 1.807) is 11.1 Å². The van der Waals surface area contributed by atoms with Gasteiger partial charge in [-0.25, -0.2) is 10.6 Å². The standard InChI is InChI=1S/C38H63NO6.C37H63N3O5.C8H10N2O2/c1-24(2)25(3)33(4)14-15-35(6)26-10-11-29-34(5)21-44-23-38(29,27(26)12-13-36(35,7)30(33)32(40)41)20-28(42-9)31(34)45-22-37(39-8)16-18-43-19-17-37;1-23(2)24(3)32(4)13-14-34(6)25-9-10-28-33(5)20-44-22-37(28,26(25)11-12-35(34,7)29(32)31(41)42)19-27(40-38)30(33)45-21-36(39-8)15-17-43-18-16-36;9-10-8(11)12-6-7-4-2-1-3-5-7/h12,24-26,28-31,39H,10-11,13-23H2,1-9H3,(H,40,41);11,23-25,27-30,39-40H,9-10,12-22,38H2,1-8H3,(H,41,42);1-5H,6,9H2,(H,10,11)/t25-,26+,28-,29+,30-,31+,33-,34-,35-,36+,38+;24-,25+,27-,28+,29-,30+,32-,33-,34-,35+,37+;/m11./s1. The molecule has 1 aromatic carbocycles. The Morgan fingerprint density at radius 3 is 1.39 bits per heavy atom. The molecule has 0 spiro atoms. The number of fused-ring (bicyclic) bond motifs is 6. The van der Waals surface area contributed by atoms with E-state index in [1.165, 1.54) is 0 Å². The van der Waals surface area contributed by atoms with Gasteiger partial charge in [0.2, 0.25) is 0 Å². The van der Waals surface area contributed by atoms with E-state index >= 15 is 0 Å². The Morgan fingerprint density at radius 2 is 0.990 bits per heavy atom.